The summed E-state index contributed by atoms with van der Waals surface area (Å²) in [5, 5.41) is 0. The monoisotopic (exact) mass is 275 g/mol. The molecule has 1 unspecified atom stereocenters. The predicted molar refractivity (Wildman–Crippen MR) is 61.6 cm³/mol. The fourth-order valence-electron chi connectivity index (χ4n) is 2.37. The Kier molecular flexibility index (Phi) is 3.31. The summed E-state index contributed by atoms with van der Waals surface area (Å²) in [6.45, 7) is 6.78. The molecule has 1 aliphatic rings. The summed E-state index contributed by atoms with van der Waals surface area (Å²) in [6.07, 6.45) is 4.87. The number of aryl methyl sites for hydroxylation is 2. The second kappa shape index (κ2) is 4.38. The first-order valence-corrected chi connectivity index (χ1v) is 7.08. The van der Waals surface area contributed by atoms with Crippen LogP contribution in [0, 0.1) is 6.92 Å². The molecule has 0 bridgehead atoms. The third kappa shape index (κ3) is 1.91. The first-order chi connectivity index (χ1) is 7.15. The molecule has 1 heteroatoms. The third-order valence-corrected chi connectivity index (χ3v) is 5.06. The molecule has 0 fully saturated rings. The Hall–Kier alpha value is -0.157. The molecule has 1 atom stereocenters. The van der Waals surface area contributed by atoms with Crippen molar-refractivity contribution in [2.75, 3.05) is 0 Å². The summed E-state index contributed by atoms with van der Waals surface area (Å²) in [5.41, 5.74) is 7.71. The summed E-state index contributed by atoms with van der Waals surface area (Å²) < 4.78 is 0.712. The molecule has 1 aromatic rings. The van der Waals surface area contributed by atoms with Crippen molar-refractivity contribution in [1.82, 2.24) is 0 Å². The summed E-state index contributed by atoms with van der Waals surface area (Å²) in [4.78, 5) is 0. The zero-order chi connectivity index (χ0) is 11.0. The van der Waals surface area contributed by atoms with Crippen molar-refractivity contribution in [3.63, 3.8) is 0 Å². The van der Waals surface area contributed by atoms with Crippen LogP contribution in [0.5, 0.6) is 0 Å². The van der Waals surface area contributed by atoms with Crippen LogP contribution in [-0.4, -0.2) is 0 Å². The summed E-state index contributed by atoms with van der Waals surface area (Å²) in [6, 6.07) is 4.61. The fourth-order valence-corrected chi connectivity index (χ4v) is 3.52. The van der Waals surface area contributed by atoms with Crippen molar-refractivity contribution in [2.24, 2.45) is 0 Å². The molecule has 77 valence electrons. The first kappa shape index (κ1) is 11.3. The molecule has 0 amide bonds. The number of rotatable bonds is 2. The molecule has 1 aromatic carbocycles. The molecular formula is C14H17Zr. The summed E-state index contributed by atoms with van der Waals surface area (Å²) >= 11 is 1.62. The first-order valence-electron chi connectivity index (χ1n) is 5.66. The van der Waals surface area contributed by atoms with E-state index in [0.717, 1.165) is 0 Å². The van der Waals surface area contributed by atoms with Gasteiger partial charge in [0.1, 0.15) is 0 Å². The van der Waals surface area contributed by atoms with Gasteiger partial charge in [-0.2, -0.15) is 0 Å². The minimum atomic E-state index is 0.712. The molecule has 0 spiro atoms. The minimum absolute atomic E-state index is 0.712. The molecule has 2 rings (SSSR count). The van der Waals surface area contributed by atoms with Crippen LogP contribution in [0.3, 0.4) is 0 Å². The number of allylic oxidation sites excluding steroid dienone is 1. The predicted octanol–water partition coefficient (Wildman–Crippen LogP) is 3.95. The van der Waals surface area contributed by atoms with Gasteiger partial charge < -0.3 is 0 Å². The molecule has 0 aliphatic heterocycles. The second-order valence-corrected chi connectivity index (χ2v) is 5.86. The average molecular weight is 277 g/mol. The van der Waals surface area contributed by atoms with Crippen LogP contribution in [0.1, 0.15) is 46.1 Å². The SMILES string of the molecule is CCCc1ccc(C)c2c1C=C(C)[CH]2[Zr]. The van der Waals surface area contributed by atoms with Crippen molar-refractivity contribution < 1.29 is 24.7 Å². The molecule has 0 nitrogen and oxygen atoms in total. The van der Waals surface area contributed by atoms with Gasteiger partial charge in [-0.15, -0.1) is 0 Å². The van der Waals surface area contributed by atoms with Crippen molar-refractivity contribution in [3.05, 3.63) is 40.0 Å². The van der Waals surface area contributed by atoms with Gasteiger partial charge in [0.25, 0.3) is 0 Å². The Bertz CT molecular complexity index is 416. The van der Waals surface area contributed by atoms with E-state index in [2.05, 4.69) is 39.0 Å². The van der Waals surface area contributed by atoms with Crippen molar-refractivity contribution >= 4 is 6.08 Å². The van der Waals surface area contributed by atoms with E-state index in [0.29, 0.717) is 3.63 Å². The van der Waals surface area contributed by atoms with Gasteiger partial charge in [-0.3, -0.25) is 0 Å². The van der Waals surface area contributed by atoms with Crippen LogP contribution < -0.4 is 0 Å². The number of benzene rings is 1. The van der Waals surface area contributed by atoms with Crippen molar-refractivity contribution in [3.8, 4) is 0 Å². The molecular weight excluding hydrogens is 259 g/mol. The van der Waals surface area contributed by atoms with E-state index in [1.165, 1.54) is 24.0 Å². The Morgan fingerprint density at radius 2 is 2.00 bits per heavy atom. The number of hydrogen-bond acceptors (Lipinski definition) is 0. The number of hydrogen-bond donors (Lipinski definition) is 0. The van der Waals surface area contributed by atoms with Gasteiger partial charge in [0.15, 0.2) is 0 Å². The van der Waals surface area contributed by atoms with E-state index in [1.54, 1.807) is 41.4 Å². The van der Waals surface area contributed by atoms with Gasteiger partial charge in [0.2, 0.25) is 0 Å². The standard InChI is InChI=1S/C14H17.Zr/c1-4-5-12-7-6-11(3)13-8-10(2)9-14(12)13;/h6-9H,4-5H2,1-3H3;. The van der Waals surface area contributed by atoms with E-state index in [4.69, 9.17) is 0 Å². The van der Waals surface area contributed by atoms with Crippen molar-refractivity contribution in [1.29, 1.82) is 0 Å². The van der Waals surface area contributed by atoms with Crippen LogP contribution in [-0.2, 0) is 31.1 Å². The molecule has 1 aliphatic carbocycles. The van der Waals surface area contributed by atoms with E-state index in [-0.39, 0.29) is 0 Å². The topological polar surface area (TPSA) is 0 Å². The summed E-state index contributed by atoms with van der Waals surface area (Å²) in [7, 11) is 0. The maximum atomic E-state index is 2.41. The van der Waals surface area contributed by atoms with Gasteiger partial charge in [-0.05, 0) is 0 Å². The molecule has 0 saturated carbocycles. The Labute approximate surface area is 108 Å². The molecule has 0 N–H and O–H groups in total. The number of fused-ring (bicyclic) bond motifs is 1. The van der Waals surface area contributed by atoms with E-state index in [9.17, 15) is 0 Å². The normalized spacial score (nSPS) is 18.8. The third-order valence-electron chi connectivity index (χ3n) is 3.23. The van der Waals surface area contributed by atoms with Crippen LogP contribution in [0.2, 0.25) is 0 Å². The van der Waals surface area contributed by atoms with Crippen molar-refractivity contribution in [2.45, 2.75) is 37.2 Å². The molecule has 0 radical (unpaired) electrons. The average Bonchev–Trinajstić information content (AvgIpc) is 2.50. The Morgan fingerprint density at radius 3 is 2.67 bits per heavy atom. The molecule has 0 heterocycles. The van der Waals surface area contributed by atoms with E-state index >= 15 is 0 Å². The molecule has 0 saturated heterocycles. The van der Waals surface area contributed by atoms with Crippen LogP contribution in [0.15, 0.2) is 17.7 Å². The van der Waals surface area contributed by atoms with Crippen LogP contribution >= 0.6 is 0 Å². The zero-order valence-electron chi connectivity index (χ0n) is 9.72. The van der Waals surface area contributed by atoms with Gasteiger partial charge in [-0.25, -0.2) is 0 Å². The molecule has 15 heavy (non-hydrogen) atoms. The Balaban J connectivity index is 2.56. The van der Waals surface area contributed by atoms with E-state index in [1.807, 2.05) is 0 Å². The van der Waals surface area contributed by atoms with Gasteiger partial charge in [-0.1, -0.05) is 0 Å². The van der Waals surface area contributed by atoms with Gasteiger partial charge in [0, 0.05) is 0 Å². The van der Waals surface area contributed by atoms with E-state index < -0.39 is 0 Å². The van der Waals surface area contributed by atoms with Gasteiger partial charge >= 0.3 is 108 Å². The van der Waals surface area contributed by atoms with Crippen LogP contribution in [0.4, 0.5) is 0 Å². The van der Waals surface area contributed by atoms with Gasteiger partial charge in [0.05, 0.1) is 0 Å². The fraction of sp³-hybridized carbons (Fsp3) is 0.429. The zero-order valence-corrected chi connectivity index (χ0v) is 12.2. The second-order valence-electron chi connectivity index (χ2n) is 4.44. The van der Waals surface area contributed by atoms with Crippen LogP contribution in [0.25, 0.3) is 6.08 Å². The Morgan fingerprint density at radius 1 is 1.27 bits per heavy atom. The molecule has 0 aromatic heterocycles. The maximum absolute atomic E-state index is 2.41. The summed E-state index contributed by atoms with van der Waals surface area (Å²) in [5.74, 6) is 0. The quantitative estimate of drug-likeness (QED) is 0.767.